The molecule has 0 unspecified atom stereocenters. The number of benzene rings is 7. The van der Waals surface area contributed by atoms with Crippen molar-refractivity contribution in [2.24, 2.45) is 5.41 Å². The third-order valence-corrected chi connectivity index (χ3v) is 14.2. The van der Waals surface area contributed by atoms with Crippen molar-refractivity contribution in [1.29, 1.82) is 0 Å². The first-order chi connectivity index (χ1) is 25.6. The lowest BCUT2D eigenvalue weighted by Gasteiger charge is -2.44. The molecule has 1 heteroatoms. The number of fused-ring (bicyclic) bond motifs is 7. The summed E-state index contributed by atoms with van der Waals surface area (Å²) in [6, 6.07) is 61.5. The van der Waals surface area contributed by atoms with Gasteiger partial charge in [0.05, 0.1) is 16.4 Å². The van der Waals surface area contributed by atoms with Gasteiger partial charge in [-0.2, -0.15) is 0 Å². The van der Waals surface area contributed by atoms with Crippen LogP contribution in [0.15, 0.2) is 164 Å². The SMILES string of the molecule is CC1(C)c2cc3c4cc(-c5ccc6c(c5)C(c5ccccc5)(c5ccccc5)c5ccccc5-6)ccc4n(-c4ccccc4)c3cc2C(C)(C)C1(C)C. The molecular weight excluding hydrogens is 639 g/mol. The van der Waals surface area contributed by atoms with E-state index < -0.39 is 5.41 Å². The monoisotopic (exact) mass is 683 g/mol. The Hall–Kier alpha value is -5.66. The minimum Gasteiger partial charge on any atom is -0.309 e. The second-order valence-corrected chi connectivity index (χ2v) is 17.0. The molecule has 8 aromatic rings. The van der Waals surface area contributed by atoms with Crippen LogP contribution in [0, 0.1) is 5.41 Å². The highest BCUT2D eigenvalue weighted by molar-refractivity contribution is 6.11. The standard InChI is InChI=1S/C52H45N/c1-49(2)45-32-42-41-30-34(27-29-47(41)53(38-22-14-9-15-23-38)48(42)33-46(45)50(3,4)51(49,5)6)35-26-28-40-39-24-16-17-25-43(39)52(44(40)31-35,36-18-10-7-11-19-36)37-20-12-8-13-21-37/h7-33H,1-6H3. The van der Waals surface area contributed by atoms with Crippen LogP contribution in [0.2, 0.25) is 0 Å². The average Bonchev–Trinajstić information content (AvgIpc) is 3.70. The lowest BCUT2D eigenvalue weighted by atomic mass is 9.59. The van der Waals surface area contributed by atoms with E-state index in [2.05, 4.69) is 210 Å². The van der Waals surface area contributed by atoms with Crippen molar-refractivity contribution in [1.82, 2.24) is 4.57 Å². The van der Waals surface area contributed by atoms with Crippen LogP contribution in [-0.4, -0.2) is 4.57 Å². The van der Waals surface area contributed by atoms with Crippen LogP contribution >= 0.6 is 0 Å². The number of hydrogen-bond donors (Lipinski definition) is 0. The number of para-hydroxylation sites is 1. The molecule has 0 aliphatic heterocycles. The fourth-order valence-electron chi connectivity index (χ4n) is 10.2. The molecule has 1 aromatic heterocycles. The summed E-state index contributed by atoms with van der Waals surface area (Å²) >= 11 is 0. The highest BCUT2D eigenvalue weighted by Gasteiger charge is 2.57. The molecule has 0 spiro atoms. The number of nitrogens with zero attached hydrogens (tertiary/aromatic N) is 1. The van der Waals surface area contributed by atoms with Crippen molar-refractivity contribution < 1.29 is 0 Å². The third-order valence-electron chi connectivity index (χ3n) is 14.2. The van der Waals surface area contributed by atoms with E-state index in [4.69, 9.17) is 0 Å². The first-order valence-electron chi connectivity index (χ1n) is 19.1. The molecule has 2 aliphatic rings. The van der Waals surface area contributed by atoms with Gasteiger partial charge < -0.3 is 4.57 Å². The topological polar surface area (TPSA) is 4.93 Å². The molecule has 0 saturated carbocycles. The molecule has 1 nitrogen and oxygen atoms in total. The highest BCUT2D eigenvalue weighted by Crippen LogP contribution is 2.62. The molecule has 7 aromatic carbocycles. The molecule has 2 aliphatic carbocycles. The minimum absolute atomic E-state index is 0.0198. The van der Waals surface area contributed by atoms with Gasteiger partial charge in [-0.25, -0.2) is 0 Å². The van der Waals surface area contributed by atoms with Gasteiger partial charge in [0.2, 0.25) is 0 Å². The Morgan fingerprint density at radius 3 is 1.55 bits per heavy atom. The first-order valence-corrected chi connectivity index (χ1v) is 19.1. The minimum atomic E-state index is -0.427. The molecule has 0 saturated heterocycles. The summed E-state index contributed by atoms with van der Waals surface area (Å²) in [7, 11) is 0. The molecule has 0 N–H and O–H groups in total. The van der Waals surface area contributed by atoms with E-state index in [-0.39, 0.29) is 16.2 Å². The van der Waals surface area contributed by atoms with Crippen LogP contribution in [0.1, 0.15) is 74.9 Å². The van der Waals surface area contributed by atoms with E-state index in [1.165, 1.54) is 83.1 Å². The van der Waals surface area contributed by atoms with Crippen LogP contribution < -0.4 is 0 Å². The summed E-state index contributed by atoms with van der Waals surface area (Å²) in [6.07, 6.45) is 0. The number of hydrogen-bond acceptors (Lipinski definition) is 0. The van der Waals surface area contributed by atoms with Gasteiger partial charge in [-0.05, 0) is 114 Å². The zero-order valence-electron chi connectivity index (χ0n) is 31.5. The Labute approximate surface area is 313 Å². The average molecular weight is 684 g/mol. The summed E-state index contributed by atoms with van der Waals surface area (Å²) < 4.78 is 2.48. The van der Waals surface area contributed by atoms with Gasteiger partial charge >= 0.3 is 0 Å². The molecule has 0 fully saturated rings. The van der Waals surface area contributed by atoms with Crippen molar-refractivity contribution in [3.8, 4) is 27.9 Å². The Kier molecular flexibility index (Phi) is 6.61. The predicted molar refractivity (Wildman–Crippen MR) is 223 cm³/mol. The molecule has 10 rings (SSSR count). The maximum Gasteiger partial charge on any atom is 0.0713 e. The summed E-state index contributed by atoms with van der Waals surface area (Å²) in [5, 5.41) is 2.62. The van der Waals surface area contributed by atoms with Crippen molar-refractivity contribution in [2.45, 2.75) is 57.8 Å². The zero-order valence-corrected chi connectivity index (χ0v) is 31.5. The van der Waals surface area contributed by atoms with Gasteiger partial charge in [0.15, 0.2) is 0 Å². The second kappa shape index (κ2) is 10.9. The van der Waals surface area contributed by atoms with Gasteiger partial charge in [-0.1, -0.05) is 163 Å². The Bertz CT molecular complexity index is 2690. The Balaban J connectivity index is 1.24. The van der Waals surface area contributed by atoms with Gasteiger partial charge in [-0.15, -0.1) is 0 Å². The van der Waals surface area contributed by atoms with E-state index in [9.17, 15) is 0 Å². The summed E-state index contributed by atoms with van der Waals surface area (Å²) in [6.45, 7) is 14.7. The molecule has 258 valence electrons. The van der Waals surface area contributed by atoms with E-state index in [1.54, 1.807) is 0 Å². The molecule has 53 heavy (non-hydrogen) atoms. The molecule has 0 bridgehead atoms. The summed E-state index contributed by atoms with van der Waals surface area (Å²) in [4.78, 5) is 0. The van der Waals surface area contributed by atoms with Gasteiger partial charge in [0.1, 0.15) is 0 Å². The fourth-order valence-corrected chi connectivity index (χ4v) is 10.2. The van der Waals surface area contributed by atoms with Crippen LogP contribution in [0.3, 0.4) is 0 Å². The second-order valence-electron chi connectivity index (χ2n) is 17.0. The number of aromatic nitrogens is 1. The Morgan fingerprint density at radius 1 is 0.377 bits per heavy atom. The summed E-state index contributed by atoms with van der Waals surface area (Å²) in [5.74, 6) is 0. The lowest BCUT2D eigenvalue weighted by molar-refractivity contribution is 0.125. The fraction of sp³-hybridized carbons (Fsp3) is 0.192. The lowest BCUT2D eigenvalue weighted by Crippen LogP contribution is -2.42. The van der Waals surface area contributed by atoms with E-state index in [1.807, 2.05) is 0 Å². The van der Waals surface area contributed by atoms with E-state index in [0.29, 0.717) is 0 Å². The van der Waals surface area contributed by atoms with Gasteiger partial charge in [0, 0.05) is 16.5 Å². The highest BCUT2D eigenvalue weighted by atomic mass is 15.0. The smallest absolute Gasteiger partial charge is 0.0713 e. The van der Waals surface area contributed by atoms with E-state index in [0.717, 1.165) is 0 Å². The van der Waals surface area contributed by atoms with Crippen LogP contribution in [0.4, 0.5) is 0 Å². The van der Waals surface area contributed by atoms with Gasteiger partial charge in [0.25, 0.3) is 0 Å². The van der Waals surface area contributed by atoms with E-state index >= 15 is 0 Å². The van der Waals surface area contributed by atoms with Crippen LogP contribution in [0.25, 0.3) is 49.7 Å². The molecule has 0 amide bonds. The normalized spacial score (nSPS) is 17.1. The zero-order chi connectivity index (χ0) is 36.3. The van der Waals surface area contributed by atoms with Gasteiger partial charge in [-0.3, -0.25) is 0 Å². The molecular formula is C52H45N. The third kappa shape index (κ3) is 4.09. The van der Waals surface area contributed by atoms with Crippen molar-refractivity contribution in [2.75, 3.05) is 0 Å². The summed E-state index contributed by atoms with van der Waals surface area (Å²) in [5.41, 5.74) is 16.7. The largest absolute Gasteiger partial charge is 0.309 e. The molecule has 0 radical (unpaired) electrons. The number of rotatable bonds is 4. The van der Waals surface area contributed by atoms with Crippen molar-refractivity contribution in [3.05, 3.63) is 197 Å². The van der Waals surface area contributed by atoms with Crippen molar-refractivity contribution >= 4 is 21.8 Å². The maximum atomic E-state index is 2.54. The molecule has 1 heterocycles. The Morgan fingerprint density at radius 2 is 0.887 bits per heavy atom. The van der Waals surface area contributed by atoms with Crippen molar-refractivity contribution in [3.63, 3.8) is 0 Å². The molecule has 0 atom stereocenters. The van der Waals surface area contributed by atoms with Crippen LogP contribution in [-0.2, 0) is 16.2 Å². The first kappa shape index (κ1) is 32.0. The predicted octanol–water partition coefficient (Wildman–Crippen LogP) is 13.4. The quantitative estimate of drug-likeness (QED) is 0.174. The van der Waals surface area contributed by atoms with Crippen LogP contribution in [0.5, 0.6) is 0 Å². The maximum absolute atomic E-state index is 2.54.